The molecule has 1 unspecified atom stereocenters. The normalized spacial score (nSPS) is 17.5. The number of carbonyl (C=O) groups excluding carboxylic acids is 2. The van der Waals surface area contributed by atoms with Gasteiger partial charge in [0.25, 0.3) is 5.78 Å². The Morgan fingerprint density at radius 3 is 2.11 bits per heavy atom. The van der Waals surface area contributed by atoms with Crippen LogP contribution in [0.1, 0.15) is 22.9 Å². The summed E-state index contributed by atoms with van der Waals surface area (Å²) in [5, 5.41) is 19.0. The van der Waals surface area contributed by atoms with Gasteiger partial charge in [-0.15, -0.1) is 18.3 Å². The number of ether oxygens (including phenoxy) is 2. The Hall–Kier alpha value is -4.41. The smallest absolute Gasteiger partial charge is 0.507 e. The number of ketones is 1. The van der Waals surface area contributed by atoms with E-state index in [2.05, 4.69) is 14.9 Å². The number of carbonyl (C=O) groups is 2. The minimum atomic E-state index is -4.89. The molecule has 2 heterocycles. The Morgan fingerprint density at radius 1 is 0.943 bits per heavy atom. The predicted octanol–water partition coefficient (Wildman–Crippen LogP) is 4.32. The lowest BCUT2D eigenvalue weighted by atomic mass is 9.95. The second-order valence-electron chi connectivity index (χ2n) is 7.55. The van der Waals surface area contributed by atoms with Crippen LogP contribution in [0, 0.1) is 6.92 Å². The first-order chi connectivity index (χ1) is 16.6. The molecule has 1 N–H and O–H groups in total. The quantitative estimate of drug-likeness (QED) is 0.326. The predicted molar refractivity (Wildman–Crippen MR) is 118 cm³/mol. The zero-order chi connectivity index (χ0) is 25.3. The number of nitrogens with zero attached hydrogens (tertiary/aromatic N) is 3. The van der Waals surface area contributed by atoms with Crippen LogP contribution in [-0.2, 0) is 9.59 Å². The van der Waals surface area contributed by atoms with Crippen LogP contribution in [0.4, 0.5) is 19.0 Å². The largest absolute Gasteiger partial charge is 0.573 e. The SMILES string of the molecule is COc1ccc(C(O)=C2C(=O)C(=O)N(c3ccc(C)nn3)C2c2ccc(OC(F)(F)F)cc2)cc1. The lowest BCUT2D eigenvalue weighted by Gasteiger charge is -2.24. The number of methoxy groups -OCH3 is 1. The topological polar surface area (TPSA) is 102 Å². The maximum absolute atomic E-state index is 13.1. The molecule has 1 aliphatic heterocycles. The molecule has 1 fully saturated rings. The molecule has 11 heteroatoms. The molecule has 1 atom stereocenters. The highest BCUT2D eigenvalue weighted by atomic mass is 19.4. The monoisotopic (exact) mass is 485 g/mol. The van der Waals surface area contributed by atoms with E-state index in [0.717, 1.165) is 17.0 Å². The molecule has 0 radical (unpaired) electrons. The zero-order valence-electron chi connectivity index (χ0n) is 18.4. The molecule has 0 aliphatic carbocycles. The molecule has 1 amide bonds. The number of aliphatic hydroxyl groups is 1. The Bertz CT molecular complexity index is 1290. The molecular formula is C24H18F3N3O5. The lowest BCUT2D eigenvalue weighted by molar-refractivity contribution is -0.274. The van der Waals surface area contributed by atoms with Crippen molar-refractivity contribution in [2.45, 2.75) is 19.3 Å². The Labute approximate surface area is 197 Å². The number of hydrogen-bond acceptors (Lipinski definition) is 7. The highest BCUT2D eigenvalue weighted by molar-refractivity contribution is 6.51. The molecule has 1 aromatic heterocycles. The van der Waals surface area contributed by atoms with Gasteiger partial charge in [0.1, 0.15) is 17.3 Å². The molecule has 8 nitrogen and oxygen atoms in total. The zero-order valence-corrected chi connectivity index (χ0v) is 18.4. The second-order valence-corrected chi connectivity index (χ2v) is 7.55. The van der Waals surface area contributed by atoms with Crippen LogP contribution in [0.15, 0.2) is 66.2 Å². The number of halogens is 3. The fraction of sp³-hybridized carbons (Fsp3) is 0.167. The number of amides is 1. The minimum absolute atomic E-state index is 0.0344. The summed E-state index contributed by atoms with van der Waals surface area (Å²) in [5.41, 5.74) is 0.790. The van der Waals surface area contributed by atoms with Crippen molar-refractivity contribution >= 4 is 23.3 Å². The van der Waals surface area contributed by atoms with Crippen LogP contribution in [-0.4, -0.2) is 40.5 Å². The standard InChI is InChI=1S/C24H18F3N3O5/c1-13-3-12-18(29-28-13)30-20(14-4-10-17(11-5-14)35-24(25,26)27)19(22(32)23(30)33)21(31)15-6-8-16(34-2)9-7-15/h3-12,20,31H,1-2H3. The van der Waals surface area contributed by atoms with E-state index >= 15 is 0 Å². The highest BCUT2D eigenvalue weighted by Crippen LogP contribution is 2.42. The van der Waals surface area contributed by atoms with Gasteiger partial charge in [-0.3, -0.25) is 14.5 Å². The fourth-order valence-corrected chi connectivity index (χ4v) is 3.66. The fourth-order valence-electron chi connectivity index (χ4n) is 3.66. The second kappa shape index (κ2) is 9.09. The van der Waals surface area contributed by atoms with Gasteiger partial charge < -0.3 is 14.6 Å². The van der Waals surface area contributed by atoms with E-state index in [4.69, 9.17) is 4.74 Å². The summed E-state index contributed by atoms with van der Waals surface area (Å²) in [4.78, 5) is 27.2. The third kappa shape index (κ3) is 4.79. The van der Waals surface area contributed by atoms with E-state index < -0.39 is 35.6 Å². The van der Waals surface area contributed by atoms with Gasteiger partial charge in [-0.25, -0.2) is 0 Å². The first-order valence-corrected chi connectivity index (χ1v) is 10.2. The summed E-state index contributed by atoms with van der Waals surface area (Å²) in [6, 6.07) is 12.7. The van der Waals surface area contributed by atoms with E-state index in [1.165, 1.54) is 37.4 Å². The van der Waals surface area contributed by atoms with Crippen LogP contribution < -0.4 is 14.4 Å². The Balaban J connectivity index is 1.86. The van der Waals surface area contributed by atoms with Gasteiger partial charge in [-0.05, 0) is 61.0 Å². The first kappa shape index (κ1) is 23.7. The average Bonchev–Trinajstić information content (AvgIpc) is 3.09. The third-order valence-corrected chi connectivity index (χ3v) is 5.27. The van der Waals surface area contributed by atoms with E-state index in [9.17, 15) is 27.9 Å². The minimum Gasteiger partial charge on any atom is -0.507 e. The van der Waals surface area contributed by atoms with E-state index in [-0.39, 0.29) is 22.5 Å². The molecule has 35 heavy (non-hydrogen) atoms. The van der Waals surface area contributed by atoms with Crippen LogP contribution in [0.2, 0.25) is 0 Å². The van der Waals surface area contributed by atoms with Crippen molar-refractivity contribution < 1.29 is 37.3 Å². The summed E-state index contributed by atoms with van der Waals surface area (Å²) < 4.78 is 46.8. The van der Waals surface area contributed by atoms with Crippen molar-refractivity contribution in [2.75, 3.05) is 12.0 Å². The molecule has 180 valence electrons. The molecular weight excluding hydrogens is 467 g/mol. The Morgan fingerprint density at radius 2 is 1.57 bits per heavy atom. The van der Waals surface area contributed by atoms with Crippen molar-refractivity contribution in [1.29, 1.82) is 0 Å². The van der Waals surface area contributed by atoms with E-state index in [1.807, 2.05) is 0 Å². The van der Waals surface area contributed by atoms with E-state index in [0.29, 0.717) is 11.4 Å². The van der Waals surface area contributed by atoms with Gasteiger partial charge in [-0.1, -0.05) is 12.1 Å². The summed E-state index contributed by atoms with van der Waals surface area (Å²) in [6.45, 7) is 1.69. The number of anilines is 1. The number of Topliss-reactive ketones (excluding diaryl/α,β-unsaturated/α-hetero) is 1. The van der Waals surface area contributed by atoms with Gasteiger partial charge in [0, 0.05) is 5.56 Å². The van der Waals surface area contributed by atoms with Crippen molar-refractivity contribution in [1.82, 2.24) is 10.2 Å². The van der Waals surface area contributed by atoms with Crippen molar-refractivity contribution in [3.8, 4) is 11.5 Å². The molecule has 1 aliphatic rings. The van der Waals surface area contributed by atoms with Crippen LogP contribution in [0.25, 0.3) is 5.76 Å². The first-order valence-electron chi connectivity index (χ1n) is 10.2. The number of aromatic nitrogens is 2. The lowest BCUT2D eigenvalue weighted by Crippen LogP contribution is -2.30. The summed E-state index contributed by atoms with van der Waals surface area (Å²) in [7, 11) is 1.47. The molecule has 0 spiro atoms. The molecule has 3 aromatic rings. The van der Waals surface area contributed by atoms with Gasteiger partial charge >= 0.3 is 12.3 Å². The van der Waals surface area contributed by atoms with Crippen molar-refractivity contribution in [3.63, 3.8) is 0 Å². The van der Waals surface area contributed by atoms with Crippen LogP contribution >= 0.6 is 0 Å². The van der Waals surface area contributed by atoms with E-state index in [1.54, 1.807) is 25.1 Å². The number of benzene rings is 2. The number of rotatable bonds is 5. The molecule has 1 saturated heterocycles. The summed E-state index contributed by atoms with van der Waals surface area (Å²) >= 11 is 0. The van der Waals surface area contributed by atoms with Gasteiger partial charge in [0.15, 0.2) is 5.82 Å². The Kier molecular flexibility index (Phi) is 6.16. The van der Waals surface area contributed by atoms with Crippen molar-refractivity contribution in [3.05, 3.63) is 83.1 Å². The van der Waals surface area contributed by atoms with Gasteiger partial charge in [0.2, 0.25) is 0 Å². The average molecular weight is 485 g/mol. The van der Waals surface area contributed by atoms with Gasteiger partial charge in [0.05, 0.1) is 24.4 Å². The van der Waals surface area contributed by atoms with Crippen molar-refractivity contribution in [2.24, 2.45) is 0 Å². The number of aryl methyl sites for hydroxylation is 1. The number of hydrogen-bond donors (Lipinski definition) is 1. The summed E-state index contributed by atoms with van der Waals surface area (Å²) in [5.74, 6) is -2.36. The third-order valence-electron chi connectivity index (χ3n) is 5.27. The number of aliphatic hydroxyl groups excluding tert-OH is 1. The number of alkyl halides is 3. The van der Waals surface area contributed by atoms with Gasteiger partial charge in [-0.2, -0.15) is 5.10 Å². The maximum Gasteiger partial charge on any atom is 0.573 e. The summed E-state index contributed by atoms with van der Waals surface area (Å²) in [6.07, 6.45) is -4.89. The molecule has 4 rings (SSSR count). The molecule has 0 bridgehead atoms. The molecule has 2 aromatic carbocycles. The molecule has 0 saturated carbocycles. The maximum atomic E-state index is 13.1. The van der Waals surface area contributed by atoms with Crippen LogP contribution in [0.3, 0.4) is 0 Å². The van der Waals surface area contributed by atoms with Crippen LogP contribution in [0.5, 0.6) is 11.5 Å². The highest BCUT2D eigenvalue weighted by Gasteiger charge is 2.47.